The number of fused-ring (bicyclic) bond motifs is 1. The van der Waals surface area contributed by atoms with Crippen molar-refractivity contribution in [2.75, 3.05) is 26.2 Å². The Labute approximate surface area is 101 Å². The summed E-state index contributed by atoms with van der Waals surface area (Å²) in [5.41, 5.74) is 0. The van der Waals surface area contributed by atoms with Gasteiger partial charge in [0.05, 0.1) is 0 Å². The largest absolute Gasteiger partial charge is 0.312 e. The first-order chi connectivity index (χ1) is 7.85. The Balaban J connectivity index is 1.82. The van der Waals surface area contributed by atoms with E-state index in [1.807, 2.05) is 0 Å². The number of nitrogens with one attached hydrogen (secondary N) is 1. The molecule has 1 saturated carbocycles. The summed E-state index contributed by atoms with van der Waals surface area (Å²) in [5.74, 6) is 2.01. The van der Waals surface area contributed by atoms with E-state index in [0.717, 1.165) is 17.9 Å². The van der Waals surface area contributed by atoms with Crippen LogP contribution in [0, 0.1) is 11.8 Å². The average molecular weight is 224 g/mol. The predicted octanol–water partition coefficient (Wildman–Crippen LogP) is 2.50. The van der Waals surface area contributed by atoms with Gasteiger partial charge in [0.15, 0.2) is 0 Å². The van der Waals surface area contributed by atoms with Crippen molar-refractivity contribution in [1.82, 2.24) is 10.2 Å². The predicted molar refractivity (Wildman–Crippen MR) is 69.6 cm³/mol. The third-order valence-electron chi connectivity index (χ3n) is 4.41. The summed E-state index contributed by atoms with van der Waals surface area (Å²) in [6.07, 6.45) is 7.03. The van der Waals surface area contributed by atoms with Gasteiger partial charge in [-0.15, -0.1) is 0 Å². The van der Waals surface area contributed by atoms with Gasteiger partial charge in [0.2, 0.25) is 0 Å². The molecule has 2 fully saturated rings. The molecule has 1 aliphatic heterocycles. The highest BCUT2D eigenvalue weighted by Crippen LogP contribution is 2.37. The molecule has 2 heteroatoms. The van der Waals surface area contributed by atoms with Crippen LogP contribution in [-0.2, 0) is 0 Å². The monoisotopic (exact) mass is 224 g/mol. The summed E-state index contributed by atoms with van der Waals surface area (Å²) < 4.78 is 0. The molecule has 0 amide bonds. The fourth-order valence-corrected chi connectivity index (χ4v) is 3.71. The summed E-state index contributed by atoms with van der Waals surface area (Å²) in [4.78, 5) is 2.67. The van der Waals surface area contributed by atoms with Crippen LogP contribution in [-0.4, -0.2) is 37.1 Å². The zero-order chi connectivity index (χ0) is 11.4. The molecule has 0 aromatic rings. The second-order valence-corrected chi connectivity index (χ2v) is 5.67. The minimum Gasteiger partial charge on any atom is -0.312 e. The van der Waals surface area contributed by atoms with Gasteiger partial charge in [-0.05, 0) is 57.2 Å². The van der Waals surface area contributed by atoms with Crippen LogP contribution in [0.2, 0.25) is 0 Å². The maximum Gasteiger partial charge on any atom is 0.0226 e. The Bertz CT molecular complexity index is 199. The minimum absolute atomic E-state index is 0.797. The molecule has 1 heterocycles. The minimum atomic E-state index is 0.797. The van der Waals surface area contributed by atoms with Crippen molar-refractivity contribution >= 4 is 0 Å². The van der Waals surface area contributed by atoms with E-state index in [2.05, 4.69) is 24.1 Å². The van der Waals surface area contributed by atoms with E-state index >= 15 is 0 Å². The molecule has 1 saturated heterocycles. The zero-order valence-corrected chi connectivity index (χ0v) is 11.0. The standard InChI is InChI=1S/C14H28N2/c1-3-8-16(9-4-2)11-14-13-7-5-6-12(13)10-15-14/h12-15H,3-11H2,1-2H3. The van der Waals surface area contributed by atoms with Gasteiger partial charge in [0.25, 0.3) is 0 Å². The second kappa shape index (κ2) is 6.02. The maximum absolute atomic E-state index is 3.76. The van der Waals surface area contributed by atoms with Crippen LogP contribution in [0.15, 0.2) is 0 Å². The van der Waals surface area contributed by atoms with E-state index in [1.54, 1.807) is 0 Å². The van der Waals surface area contributed by atoms with Gasteiger partial charge in [-0.25, -0.2) is 0 Å². The molecule has 2 rings (SSSR count). The molecule has 2 nitrogen and oxygen atoms in total. The molecular formula is C14H28N2. The van der Waals surface area contributed by atoms with Crippen LogP contribution in [0.4, 0.5) is 0 Å². The first-order valence-corrected chi connectivity index (χ1v) is 7.30. The lowest BCUT2D eigenvalue weighted by Gasteiger charge is -2.27. The molecule has 3 unspecified atom stereocenters. The normalized spacial score (nSPS) is 33.6. The van der Waals surface area contributed by atoms with Gasteiger partial charge < -0.3 is 10.2 Å². The molecule has 0 aromatic heterocycles. The van der Waals surface area contributed by atoms with Gasteiger partial charge in [-0.2, -0.15) is 0 Å². The summed E-state index contributed by atoms with van der Waals surface area (Å²) in [7, 11) is 0. The molecule has 16 heavy (non-hydrogen) atoms. The summed E-state index contributed by atoms with van der Waals surface area (Å²) in [5, 5.41) is 3.76. The maximum atomic E-state index is 3.76. The Morgan fingerprint density at radius 2 is 1.88 bits per heavy atom. The Kier molecular flexibility index (Phi) is 4.66. The number of nitrogens with zero attached hydrogens (tertiary/aromatic N) is 1. The van der Waals surface area contributed by atoms with Gasteiger partial charge >= 0.3 is 0 Å². The van der Waals surface area contributed by atoms with Crippen LogP contribution in [0.25, 0.3) is 0 Å². The van der Waals surface area contributed by atoms with E-state index in [1.165, 1.54) is 58.3 Å². The number of hydrogen-bond donors (Lipinski definition) is 1. The van der Waals surface area contributed by atoms with E-state index in [9.17, 15) is 0 Å². The molecule has 0 aromatic carbocycles. The highest BCUT2D eigenvalue weighted by Gasteiger charge is 2.39. The van der Waals surface area contributed by atoms with Crippen molar-refractivity contribution in [3.63, 3.8) is 0 Å². The van der Waals surface area contributed by atoms with Crippen LogP contribution >= 0.6 is 0 Å². The van der Waals surface area contributed by atoms with Gasteiger partial charge in [-0.3, -0.25) is 0 Å². The Morgan fingerprint density at radius 3 is 2.56 bits per heavy atom. The van der Waals surface area contributed by atoms with Crippen molar-refractivity contribution in [3.8, 4) is 0 Å². The van der Waals surface area contributed by atoms with Crippen molar-refractivity contribution in [3.05, 3.63) is 0 Å². The molecule has 3 atom stereocenters. The zero-order valence-electron chi connectivity index (χ0n) is 11.0. The SMILES string of the molecule is CCCN(CCC)CC1NCC2CCCC21. The van der Waals surface area contributed by atoms with E-state index < -0.39 is 0 Å². The summed E-state index contributed by atoms with van der Waals surface area (Å²) in [6, 6.07) is 0.797. The Hall–Kier alpha value is -0.0800. The molecular weight excluding hydrogens is 196 g/mol. The van der Waals surface area contributed by atoms with Crippen molar-refractivity contribution in [2.45, 2.75) is 52.0 Å². The quantitative estimate of drug-likeness (QED) is 0.746. The average Bonchev–Trinajstić information content (AvgIpc) is 2.83. The topological polar surface area (TPSA) is 15.3 Å². The van der Waals surface area contributed by atoms with Gasteiger partial charge in [0.1, 0.15) is 0 Å². The molecule has 1 aliphatic carbocycles. The van der Waals surface area contributed by atoms with Crippen LogP contribution in [0.5, 0.6) is 0 Å². The third kappa shape index (κ3) is 2.78. The van der Waals surface area contributed by atoms with Crippen molar-refractivity contribution < 1.29 is 0 Å². The molecule has 1 N–H and O–H groups in total. The fraction of sp³-hybridized carbons (Fsp3) is 1.00. The lowest BCUT2D eigenvalue weighted by atomic mass is 9.94. The fourth-order valence-electron chi connectivity index (χ4n) is 3.71. The van der Waals surface area contributed by atoms with E-state index in [-0.39, 0.29) is 0 Å². The molecule has 0 spiro atoms. The first-order valence-electron chi connectivity index (χ1n) is 7.30. The highest BCUT2D eigenvalue weighted by molar-refractivity contribution is 4.95. The van der Waals surface area contributed by atoms with Crippen LogP contribution in [0.1, 0.15) is 46.0 Å². The number of hydrogen-bond acceptors (Lipinski definition) is 2. The molecule has 0 radical (unpaired) electrons. The first kappa shape index (κ1) is 12.4. The summed E-state index contributed by atoms with van der Waals surface area (Å²) in [6.45, 7) is 9.74. The molecule has 2 aliphatic rings. The summed E-state index contributed by atoms with van der Waals surface area (Å²) >= 11 is 0. The van der Waals surface area contributed by atoms with Gasteiger partial charge in [0, 0.05) is 12.6 Å². The van der Waals surface area contributed by atoms with Crippen molar-refractivity contribution in [2.24, 2.45) is 11.8 Å². The Morgan fingerprint density at radius 1 is 1.12 bits per heavy atom. The highest BCUT2D eigenvalue weighted by atomic mass is 15.2. The van der Waals surface area contributed by atoms with E-state index in [0.29, 0.717) is 0 Å². The lowest BCUT2D eigenvalue weighted by molar-refractivity contribution is 0.226. The molecule has 0 bridgehead atoms. The van der Waals surface area contributed by atoms with Crippen molar-refractivity contribution in [1.29, 1.82) is 0 Å². The molecule has 94 valence electrons. The van der Waals surface area contributed by atoms with Crippen LogP contribution < -0.4 is 5.32 Å². The van der Waals surface area contributed by atoms with Gasteiger partial charge in [-0.1, -0.05) is 20.3 Å². The third-order valence-corrected chi connectivity index (χ3v) is 4.41. The lowest BCUT2D eigenvalue weighted by Crippen LogP contribution is -2.41. The van der Waals surface area contributed by atoms with E-state index in [4.69, 9.17) is 0 Å². The smallest absolute Gasteiger partial charge is 0.0226 e. The van der Waals surface area contributed by atoms with Crippen LogP contribution in [0.3, 0.4) is 0 Å². The number of rotatable bonds is 6. The second-order valence-electron chi connectivity index (χ2n) is 5.67.